The summed E-state index contributed by atoms with van der Waals surface area (Å²) >= 11 is 1.12. The van der Waals surface area contributed by atoms with Crippen molar-refractivity contribution in [3.05, 3.63) is 27.7 Å². The monoisotopic (exact) mass is 335 g/mol. The molecule has 0 saturated heterocycles. The minimum absolute atomic E-state index is 0.268. The molecule has 0 radical (unpaired) electrons. The molecule has 23 heavy (non-hydrogen) atoms. The Morgan fingerprint density at radius 1 is 1.22 bits per heavy atom. The largest absolute Gasteiger partial charge is 0.338 e. The molecule has 5 nitrogen and oxygen atoms in total. The standard InChI is InChI=1S/C17H25N3O2S/c1-4-5-6-7-8-9-10-18-17(22)20-16(21)14-12(2)11-13(3)19-15(14)23-20/h11H,4-10H2,1-3H3,(H,18,22). The Balaban J connectivity index is 1.95. The molecule has 2 rings (SSSR count). The molecule has 0 spiro atoms. The third kappa shape index (κ3) is 4.41. The van der Waals surface area contributed by atoms with Gasteiger partial charge in [-0.3, -0.25) is 4.79 Å². The molecule has 2 aromatic heterocycles. The van der Waals surface area contributed by atoms with Crippen LogP contribution in [0.25, 0.3) is 10.2 Å². The van der Waals surface area contributed by atoms with E-state index in [-0.39, 0.29) is 11.6 Å². The minimum atomic E-state index is -0.344. The molecule has 0 aliphatic carbocycles. The zero-order valence-corrected chi connectivity index (χ0v) is 15.0. The van der Waals surface area contributed by atoms with Gasteiger partial charge in [-0.2, -0.15) is 3.96 Å². The van der Waals surface area contributed by atoms with E-state index in [1.54, 1.807) is 0 Å². The number of rotatable bonds is 7. The predicted octanol–water partition coefficient (Wildman–Crippen LogP) is 3.99. The number of carbonyl (C=O) groups excluding carboxylic acids is 1. The Bertz CT molecular complexity index is 733. The fourth-order valence-corrected chi connectivity index (χ4v) is 3.68. The van der Waals surface area contributed by atoms with Crippen molar-refractivity contribution in [2.24, 2.45) is 0 Å². The Morgan fingerprint density at radius 3 is 2.65 bits per heavy atom. The molecule has 126 valence electrons. The van der Waals surface area contributed by atoms with Crippen molar-refractivity contribution >= 4 is 27.8 Å². The van der Waals surface area contributed by atoms with Gasteiger partial charge in [0.1, 0.15) is 4.83 Å². The normalized spacial score (nSPS) is 11.1. The molecular formula is C17H25N3O2S. The molecule has 6 heteroatoms. The number of pyridine rings is 1. The Kier molecular flexibility index (Phi) is 6.33. The van der Waals surface area contributed by atoms with Gasteiger partial charge in [0.2, 0.25) is 0 Å². The van der Waals surface area contributed by atoms with Crippen LogP contribution in [0.15, 0.2) is 10.9 Å². The second kappa shape index (κ2) is 8.24. The highest BCUT2D eigenvalue weighted by atomic mass is 32.1. The maximum absolute atomic E-state index is 12.4. The second-order valence-electron chi connectivity index (χ2n) is 5.95. The number of unbranched alkanes of at least 4 members (excludes halogenated alkanes) is 5. The third-order valence-electron chi connectivity index (χ3n) is 3.88. The molecule has 0 saturated carbocycles. The minimum Gasteiger partial charge on any atom is -0.337 e. The van der Waals surface area contributed by atoms with Crippen LogP contribution in [-0.4, -0.2) is 21.5 Å². The van der Waals surface area contributed by atoms with Crippen molar-refractivity contribution in [2.45, 2.75) is 59.3 Å². The van der Waals surface area contributed by atoms with Gasteiger partial charge in [0.05, 0.1) is 5.39 Å². The zero-order chi connectivity index (χ0) is 16.8. The van der Waals surface area contributed by atoms with E-state index in [2.05, 4.69) is 17.2 Å². The van der Waals surface area contributed by atoms with Gasteiger partial charge in [-0.25, -0.2) is 9.78 Å². The molecule has 2 aromatic rings. The highest BCUT2D eigenvalue weighted by molar-refractivity contribution is 7.14. The van der Waals surface area contributed by atoms with Gasteiger partial charge in [0.25, 0.3) is 5.56 Å². The number of nitrogens with zero attached hydrogens (tertiary/aromatic N) is 2. The number of hydrogen-bond acceptors (Lipinski definition) is 4. The molecule has 0 bridgehead atoms. The molecule has 1 N–H and O–H groups in total. The van der Waals surface area contributed by atoms with E-state index < -0.39 is 0 Å². The van der Waals surface area contributed by atoms with Crippen LogP contribution in [0.1, 0.15) is 56.7 Å². The van der Waals surface area contributed by atoms with E-state index in [9.17, 15) is 9.59 Å². The van der Waals surface area contributed by atoms with Crippen LogP contribution in [0.3, 0.4) is 0 Å². The number of aryl methyl sites for hydroxylation is 2. The summed E-state index contributed by atoms with van der Waals surface area (Å²) in [7, 11) is 0. The average Bonchev–Trinajstić information content (AvgIpc) is 2.83. The van der Waals surface area contributed by atoms with Crippen LogP contribution in [0.5, 0.6) is 0 Å². The van der Waals surface area contributed by atoms with Crippen LogP contribution >= 0.6 is 11.5 Å². The summed E-state index contributed by atoms with van der Waals surface area (Å²) in [6.07, 6.45) is 7.03. The van der Waals surface area contributed by atoms with Crippen molar-refractivity contribution in [1.29, 1.82) is 0 Å². The lowest BCUT2D eigenvalue weighted by Crippen LogP contribution is -2.33. The quantitative estimate of drug-likeness (QED) is 0.778. The molecule has 2 heterocycles. The zero-order valence-electron chi connectivity index (χ0n) is 14.1. The van der Waals surface area contributed by atoms with Crippen molar-refractivity contribution in [3.63, 3.8) is 0 Å². The van der Waals surface area contributed by atoms with Crippen molar-refractivity contribution in [2.75, 3.05) is 6.54 Å². The fourth-order valence-electron chi connectivity index (χ4n) is 2.66. The van der Waals surface area contributed by atoms with Gasteiger partial charge in [-0.05, 0) is 43.4 Å². The first-order valence-corrected chi connectivity index (χ1v) is 9.10. The lowest BCUT2D eigenvalue weighted by atomic mass is 10.1. The van der Waals surface area contributed by atoms with Crippen LogP contribution < -0.4 is 10.9 Å². The highest BCUT2D eigenvalue weighted by Gasteiger charge is 2.16. The van der Waals surface area contributed by atoms with E-state index in [0.717, 1.165) is 35.6 Å². The molecular weight excluding hydrogens is 310 g/mol. The van der Waals surface area contributed by atoms with Crippen molar-refractivity contribution < 1.29 is 4.79 Å². The first kappa shape index (κ1) is 17.7. The maximum atomic E-state index is 12.4. The van der Waals surface area contributed by atoms with E-state index in [1.165, 1.54) is 29.6 Å². The van der Waals surface area contributed by atoms with Gasteiger partial charge < -0.3 is 5.32 Å². The summed E-state index contributed by atoms with van der Waals surface area (Å²) in [5.41, 5.74) is 1.46. The van der Waals surface area contributed by atoms with Gasteiger partial charge in [-0.1, -0.05) is 39.0 Å². The van der Waals surface area contributed by atoms with E-state index >= 15 is 0 Å². The Labute approximate surface area is 140 Å². The van der Waals surface area contributed by atoms with Crippen molar-refractivity contribution in [3.8, 4) is 0 Å². The van der Waals surface area contributed by atoms with Gasteiger partial charge >= 0.3 is 6.03 Å². The topological polar surface area (TPSA) is 64.0 Å². The van der Waals surface area contributed by atoms with E-state index in [4.69, 9.17) is 0 Å². The smallest absolute Gasteiger partial charge is 0.337 e. The predicted molar refractivity (Wildman–Crippen MR) is 95.5 cm³/mol. The second-order valence-corrected chi connectivity index (χ2v) is 6.89. The Hall–Kier alpha value is -1.69. The van der Waals surface area contributed by atoms with Gasteiger partial charge in [0, 0.05) is 12.2 Å². The molecule has 0 unspecified atom stereocenters. The maximum Gasteiger partial charge on any atom is 0.338 e. The SMILES string of the molecule is CCCCCCCCNC(=O)n1sc2nc(C)cc(C)c2c1=O. The van der Waals surface area contributed by atoms with E-state index in [0.29, 0.717) is 16.8 Å². The summed E-state index contributed by atoms with van der Waals surface area (Å²) in [6, 6.07) is 1.53. The summed E-state index contributed by atoms with van der Waals surface area (Å²) < 4.78 is 1.18. The number of amides is 1. The first-order valence-electron chi connectivity index (χ1n) is 8.33. The molecule has 0 aromatic carbocycles. The third-order valence-corrected chi connectivity index (χ3v) is 4.86. The molecule has 0 aliphatic heterocycles. The molecule has 0 fully saturated rings. The first-order chi connectivity index (χ1) is 11.0. The van der Waals surface area contributed by atoms with Crippen LogP contribution in [-0.2, 0) is 0 Å². The number of aromatic nitrogens is 2. The summed E-state index contributed by atoms with van der Waals surface area (Å²) in [6.45, 7) is 6.57. The number of carbonyl (C=O) groups is 1. The van der Waals surface area contributed by atoms with Gasteiger partial charge in [-0.15, -0.1) is 0 Å². The molecule has 0 aliphatic rings. The number of hydrogen-bond donors (Lipinski definition) is 1. The van der Waals surface area contributed by atoms with Gasteiger partial charge in [0.15, 0.2) is 0 Å². The van der Waals surface area contributed by atoms with Crippen LogP contribution in [0, 0.1) is 13.8 Å². The number of fused-ring (bicyclic) bond motifs is 1. The lowest BCUT2D eigenvalue weighted by Gasteiger charge is -2.04. The van der Waals surface area contributed by atoms with Crippen LogP contribution in [0.4, 0.5) is 4.79 Å². The summed E-state index contributed by atoms with van der Waals surface area (Å²) in [4.78, 5) is 29.6. The Morgan fingerprint density at radius 2 is 1.91 bits per heavy atom. The fraction of sp³-hybridized carbons (Fsp3) is 0.588. The van der Waals surface area contributed by atoms with Crippen LogP contribution in [0.2, 0.25) is 0 Å². The molecule has 1 amide bonds. The summed E-state index contributed by atoms with van der Waals surface area (Å²) in [5.74, 6) is 0. The number of nitrogens with one attached hydrogen (secondary N) is 1. The lowest BCUT2D eigenvalue weighted by molar-refractivity contribution is 0.243. The average molecular weight is 335 g/mol. The van der Waals surface area contributed by atoms with E-state index in [1.807, 2.05) is 19.9 Å². The van der Waals surface area contributed by atoms with Crippen molar-refractivity contribution in [1.82, 2.24) is 14.3 Å². The molecule has 0 atom stereocenters. The highest BCUT2D eigenvalue weighted by Crippen LogP contribution is 2.18. The summed E-state index contributed by atoms with van der Waals surface area (Å²) in [5, 5.41) is 3.38.